The van der Waals surface area contributed by atoms with Gasteiger partial charge < -0.3 is 15.4 Å². The molecule has 0 amide bonds. The Morgan fingerprint density at radius 3 is 2.83 bits per heavy atom. The van der Waals surface area contributed by atoms with Crippen LogP contribution in [0.3, 0.4) is 0 Å². The molecule has 0 spiro atoms. The fourth-order valence-electron chi connectivity index (χ4n) is 2.06. The Balaban J connectivity index is 2.07. The van der Waals surface area contributed by atoms with E-state index in [2.05, 4.69) is 27.5 Å². The number of nitrogens with one attached hydrogen (secondary N) is 2. The highest BCUT2D eigenvalue weighted by Gasteiger charge is 2.19. The minimum Gasteiger partial charge on any atom is -0.378 e. The standard InChI is InChI=1S/C12H20N4OS/c1-8-6-9(4-5-17-8)14-11-7-10(13-2)15-12(16-11)18-3/h7-9H,4-6H2,1-3H3,(H2,13,14,15,16). The van der Waals surface area contributed by atoms with E-state index >= 15 is 0 Å². The summed E-state index contributed by atoms with van der Waals surface area (Å²) in [6.45, 7) is 2.93. The quantitative estimate of drug-likeness (QED) is 0.645. The second kappa shape index (κ2) is 6.24. The summed E-state index contributed by atoms with van der Waals surface area (Å²) >= 11 is 1.55. The van der Waals surface area contributed by atoms with Gasteiger partial charge in [0, 0.05) is 25.8 Å². The van der Waals surface area contributed by atoms with E-state index in [4.69, 9.17) is 4.74 Å². The summed E-state index contributed by atoms with van der Waals surface area (Å²) in [7, 11) is 1.87. The van der Waals surface area contributed by atoms with Crippen LogP contribution in [0.25, 0.3) is 0 Å². The molecule has 0 bridgehead atoms. The first-order chi connectivity index (χ1) is 8.71. The van der Waals surface area contributed by atoms with E-state index in [1.807, 2.05) is 19.4 Å². The Kier molecular flexibility index (Phi) is 4.66. The zero-order valence-corrected chi connectivity index (χ0v) is 11.9. The zero-order chi connectivity index (χ0) is 13.0. The summed E-state index contributed by atoms with van der Waals surface area (Å²) in [6, 6.07) is 2.38. The van der Waals surface area contributed by atoms with Gasteiger partial charge in [0.25, 0.3) is 0 Å². The van der Waals surface area contributed by atoms with Gasteiger partial charge >= 0.3 is 0 Å². The molecule has 1 aliphatic heterocycles. The van der Waals surface area contributed by atoms with E-state index in [-0.39, 0.29) is 0 Å². The van der Waals surface area contributed by atoms with Crippen molar-refractivity contribution < 1.29 is 4.74 Å². The third kappa shape index (κ3) is 3.49. The van der Waals surface area contributed by atoms with Crippen molar-refractivity contribution in [3.8, 4) is 0 Å². The zero-order valence-electron chi connectivity index (χ0n) is 11.1. The Labute approximate surface area is 112 Å². The molecule has 0 aromatic carbocycles. The van der Waals surface area contributed by atoms with Crippen molar-refractivity contribution >= 4 is 23.4 Å². The maximum absolute atomic E-state index is 5.55. The van der Waals surface area contributed by atoms with Crippen molar-refractivity contribution in [1.82, 2.24) is 9.97 Å². The van der Waals surface area contributed by atoms with E-state index < -0.39 is 0 Å². The Bertz CT molecular complexity index is 379. The summed E-state index contributed by atoms with van der Waals surface area (Å²) in [4.78, 5) is 8.83. The van der Waals surface area contributed by atoms with Gasteiger partial charge in [0.2, 0.25) is 0 Å². The third-order valence-corrected chi connectivity index (χ3v) is 3.53. The molecule has 1 saturated heterocycles. The fraction of sp³-hybridized carbons (Fsp3) is 0.667. The molecule has 100 valence electrons. The molecule has 2 unspecified atom stereocenters. The van der Waals surface area contributed by atoms with Crippen LogP contribution in [0, 0.1) is 0 Å². The molecule has 0 aliphatic carbocycles. The first kappa shape index (κ1) is 13.4. The smallest absolute Gasteiger partial charge is 0.191 e. The molecule has 1 aromatic rings. The van der Waals surface area contributed by atoms with Crippen LogP contribution >= 0.6 is 11.8 Å². The van der Waals surface area contributed by atoms with Gasteiger partial charge in [0.05, 0.1) is 6.10 Å². The van der Waals surface area contributed by atoms with Gasteiger partial charge in [-0.15, -0.1) is 0 Å². The first-order valence-corrected chi connectivity index (χ1v) is 7.42. The van der Waals surface area contributed by atoms with Crippen LogP contribution in [-0.4, -0.2) is 42.0 Å². The third-order valence-electron chi connectivity index (χ3n) is 2.98. The molecule has 18 heavy (non-hydrogen) atoms. The lowest BCUT2D eigenvalue weighted by atomic mass is 10.0. The lowest BCUT2D eigenvalue weighted by molar-refractivity contribution is 0.0231. The van der Waals surface area contributed by atoms with E-state index in [9.17, 15) is 0 Å². The second-order valence-corrected chi connectivity index (χ2v) is 5.20. The van der Waals surface area contributed by atoms with E-state index in [0.717, 1.165) is 36.2 Å². The molecule has 1 fully saturated rings. The van der Waals surface area contributed by atoms with E-state index in [1.165, 1.54) is 0 Å². The summed E-state index contributed by atoms with van der Waals surface area (Å²) in [6.07, 6.45) is 4.35. The Morgan fingerprint density at radius 2 is 2.17 bits per heavy atom. The normalized spacial score (nSPS) is 23.7. The van der Waals surface area contributed by atoms with Gasteiger partial charge in [0.15, 0.2) is 5.16 Å². The monoisotopic (exact) mass is 268 g/mol. The molecule has 2 N–H and O–H groups in total. The maximum atomic E-state index is 5.55. The molecule has 5 nitrogen and oxygen atoms in total. The maximum Gasteiger partial charge on any atom is 0.191 e. The van der Waals surface area contributed by atoms with Crippen molar-refractivity contribution in [2.24, 2.45) is 0 Å². The van der Waals surface area contributed by atoms with Crippen molar-refractivity contribution in [2.45, 2.75) is 37.1 Å². The molecule has 0 saturated carbocycles. The van der Waals surface area contributed by atoms with Gasteiger partial charge in [-0.2, -0.15) is 0 Å². The summed E-state index contributed by atoms with van der Waals surface area (Å²) < 4.78 is 5.55. The van der Waals surface area contributed by atoms with Gasteiger partial charge in [-0.05, 0) is 26.0 Å². The fourth-order valence-corrected chi connectivity index (χ4v) is 2.44. The van der Waals surface area contributed by atoms with Gasteiger partial charge in [-0.3, -0.25) is 0 Å². The molecule has 2 atom stereocenters. The average Bonchev–Trinajstić information content (AvgIpc) is 2.38. The molecule has 6 heteroatoms. The highest BCUT2D eigenvalue weighted by atomic mass is 32.2. The number of hydrogen-bond donors (Lipinski definition) is 2. The Hall–Kier alpha value is -1.01. The van der Waals surface area contributed by atoms with Crippen molar-refractivity contribution in [3.05, 3.63) is 6.07 Å². The predicted molar refractivity (Wildman–Crippen MR) is 75.4 cm³/mol. The number of nitrogens with zero attached hydrogens (tertiary/aromatic N) is 2. The van der Waals surface area contributed by atoms with Crippen molar-refractivity contribution in [1.29, 1.82) is 0 Å². The Morgan fingerprint density at radius 1 is 1.39 bits per heavy atom. The predicted octanol–water partition coefficient (Wildman–Crippen LogP) is 2.22. The SMILES string of the molecule is CNc1cc(NC2CCOC(C)C2)nc(SC)n1. The van der Waals surface area contributed by atoms with Gasteiger partial charge in [-0.25, -0.2) is 9.97 Å². The molecule has 1 aliphatic rings. The van der Waals surface area contributed by atoms with Crippen LogP contribution in [0.5, 0.6) is 0 Å². The molecule has 1 aromatic heterocycles. The lowest BCUT2D eigenvalue weighted by Crippen LogP contribution is -2.32. The highest BCUT2D eigenvalue weighted by Crippen LogP contribution is 2.21. The molecular formula is C12H20N4OS. The van der Waals surface area contributed by atoms with E-state index in [1.54, 1.807) is 11.8 Å². The number of anilines is 2. The lowest BCUT2D eigenvalue weighted by Gasteiger charge is -2.28. The van der Waals surface area contributed by atoms with Gasteiger partial charge in [0.1, 0.15) is 11.6 Å². The van der Waals surface area contributed by atoms with Crippen LogP contribution in [0.1, 0.15) is 19.8 Å². The van der Waals surface area contributed by atoms with Crippen LogP contribution in [-0.2, 0) is 4.74 Å². The number of hydrogen-bond acceptors (Lipinski definition) is 6. The minimum atomic E-state index is 0.321. The average molecular weight is 268 g/mol. The second-order valence-electron chi connectivity index (χ2n) is 4.42. The largest absolute Gasteiger partial charge is 0.378 e. The number of ether oxygens (including phenoxy) is 1. The van der Waals surface area contributed by atoms with Crippen molar-refractivity contribution in [2.75, 3.05) is 30.5 Å². The molecule has 2 heterocycles. The van der Waals surface area contributed by atoms with E-state index in [0.29, 0.717) is 12.1 Å². The van der Waals surface area contributed by atoms with Crippen LogP contribution < -0.4 is 10.6 Å². The summed E-state index contributed by atoms with van der Waals surface area (Å²) in [5, 5.41) is 7.32. The molecular weight excluding hydrogens is 248 g/mol. The highest BCUT2D eigenvalue weighted by molar-refractivity contribution is 7.98. The van der Waals surface area contributed by atoms with Crippen LogP contribution in [0.2, 0.25) is 0 Å². The number of rotatable bonds is 4. The first-order valence-electron chi connectivity index (χ1n) is 6.20. The topological polar surface area (TPSA) is 59.1 Å². The van der Waals surface area contributed by atoms with Crippen LogP contribution in [0.15, 0.2) is 11.2 Å². The summed E-state index contributed by atoms with van der Waals surface area (Å²) in [5.41, 5.74) is 0. The van der Waals surface area contributed by atoms with Crippen LogP contribution in [0.4, 0.5) is 11.6 Å². The minimum absolute atomic E-state index is 0.321. The number of aromatic nitrogens is 2. The molecule has 0 radical (unpaired) electrons. The van der Waals surface area contributed by atoms with Crippen molar-refractivity contribution in [3.63, 3.8) is 0 Å². The van der Waals surface area contributed by atoms with Gasteiger partial charge in [-0.1, -0.05) is 11.8 Å². The number of thioether (sulfide) groups is 1. The summed E-state index contributed by atoms with van der Waals surface area (Å²) in [5.74, 6) is 1.73. The molecule has 2 rings (SSSR count).